The van der Waals surface area contributed by atoms with E-state index in [2.05, 4.69) is 6.08 Å². The molecule has 3 heterocycles. The van der Waals surface area contributed by atoms with Gasteiger partial charge in [-0.1, -0.05) is 23.8 Å². The van der Waals surface area contributed by atoms with Crippen LogP contribution in [0.25, 0.3) is 28.2 Å². The van der Waals surface area contributed by atoms with Crippen molar-refractivity contribution >= 4 is 47.2 Å². The molecule has 7 rings (SSSR count). The van der Waals surface area contributed by atoms with Gasteiger partial charge in [0.2, 0.25) is 0 Å². The van der Waals surface area contributed by atoms with Crippen molar-refractivity contribution in [1.82, 2.24) is 0 Å². The molecule has 0 radical (unpaired) electrons. The second kappa shape index (κ2) is 18.3. The predicted octanol–water partition coefficient (Wildman–Crippen LogP) is 7.81. The lowest BCUT2D eigenvalue weighted by molar-refractivity contribution is -0.139. The largest absolute Gasteiger partial charge is 0.508 e. The number of carbonyl (C=O) groups is 5. The van der Waals surface area contributed by atoms with Gasteiger partial charge >= 0.3 is 29.5 Å². The van der Waals surface area contributed by atoms with E-state index in [1.807, 2.05) is 39.8 Å². The van der Waals surface area contributed by atoms with Gasteiger partial charge in [0.15, 0.2) is 29.1 Å². The topological polar surface area (TPSA) is 283 Å². The zero-order valence-corrected chi connectivity index (χ0v) is 36.3. The summed E-state index contributed by atoms with van der Waals surface area (Å²) < 4.78 is 33.7. The number of aldehydes is 1. The van der Waals surface area contributed by atoms with Crippen molar-refractivity contribution in [2.75, 3.05) is 7.11 Å². The first-order valence-corrected chi connectivity index (χ1v) is 19.7. The number of aliphatic carboxylic acids is 1. The Hall–Kier alpha value is -8.54. The summed E-state index contributed by atoms with van der Waals surface area (Å²) in [7, 11) is 1.52. The van der Waals surface area contributed by atoms with Crippen molar-refractivity contribution in [3.63, 3.8) is 0 Å². The number of phenols is 3. The molecular weight excluding hydrogens is 865 g/mol. The minimum absolute atomic E-state index is 0.00458. The summed E-state index contributed by atoms with van der Waals surface area (Å²) in [5, 5.41) is 60.1. The van der Waals surface area contributed by atoms with E-state index in [-0.39, 0.29) is 51.4 Å². The van der Waals surface area contributed by atoms with E-state index in [0.717, 1.165) is 17.2 Å². The normalized spacial score (nSPS) is 13.0. The molecule has 0 fully saturated rings. The summed E-state index contributed by atoms with van der Waals surface area (Å²) in [4.78, 5) is 71.6. The van der Waals surface area contributed by atoms with E-state index in [0.29, 0.717) is 46.6 Å². The first kappa shape index (κ1) is 47.0. The molecule has 0 spiro atoms. The molecular formula is C48H42O18. The number of benzene rings is 4. The highest BCUT2D eigenvalue weighted by Gasteiger charge is 2.36. The quantitative estimate of drug-likeness (QED) is 0.0194. The van der Waals surface area contributed by atoms with Gasteiger partial charge in [0.1, 0.15) is 68.8 Å². The Morgan fingerprint density at radius 3 is 2.14 bits per heavy atom. The number of carboxylic acid groups (broad SMARTS) is 2. The highest BCUT2D eigenvalue weighted by atomic mass is 16.6. The minimum atomic E-state index is -1.60. The molecule has 2 aliphatic rings. The second-order valence-corrected chi connectivity index (χ2v) is 15.7. The van der Waals surface area contributed by atoms with Crippen LogP contribution in [-0.4, -0.2) is 73.5 Å². The van der Waals surface area contributed by atoms with Gasteiger partial charge in [0.25, 0.3) is 0 Å². The molecule has 342 valence electrons. The van der Waals surface area contributed by atoms with Crippen molar-refractivity contribution in [2.24, 2.45) is 0 Å². The third-order valence-electron chi connectivity index (χ3n) is 10.3. The Kier molecular flexibility index (Phi) is 13.0. The van der Waals surface area contributed by atoms with E-state index in [9.17, 15) is 54.3 Å². The smallest absolute Gasteiger partial charge is 0.348 e. The van der Waals surface area contributed by atoms with E-state index in [1.54, 1.807) is 12.1 Å². The van der Waals surface area contributed by atoms with Crippen molar-refractivity contribution in [3.8, 4) is 62.9 Å². The van der Waals surface area contributed by atoms with Gasteiger partial charge in [-0.2, -0.15) is 0 Å². The third kappa shape index (κ3) is 8.96. The van der Waals surface area contributed by atoms with Crippen LogP contribution < -0.4 is 24.6 Å². The highest BCUT2D eigenvalue weighted by molar-refractivity contribution is 6.04. The summed E-state index contributed by atoms with van der Waals surface area (Å²) in [6.45, 7) is 9.72. The predicted molar refractivity (Wildman–Crippen MR) is 234 cm³/mol. The van der Waals surface area contributed by atoms with Crippen LogP contribution >= 0.6 is 0 Å². The van der Waals surface area contributed by atoms with E-state index >= 15 is 0 Å². The van der Waals surface area contributed by atoms with Crippen LogP contribution in [0.15, 0.2) is 69.4 Å². The molecule has 0 saturated carbocycles. The average molecular weight is 907 g/mol. The number of phenolic OH excluding ortho intramolecular Hbond substituents is 2. The number of hydrogen-bond donors (Lipinski definition) is 6. The van der Waals surface area contributed by atoms with Gasteiger partial charge in [0.05, 0.1) is 23.8 Å². The lowest BCUT2D eigenvalue weighted by Crippen LogP contribution is -2.28. The fourth-order valence-corrected chi connectivity index (χ4v) is 7.21. The van der Waals surface area contributed by atoms with Gasteiger partial charge in [-0.3, -0.25) is 4.79 Å². The molecule has 0 amide bonds. The number of hydrogen-bond acceptors (Lipinski definition) is 16. The number of aromatic carboxylic acids is 1. The van der Waals surface area contributed by atoms with Gasteiger partial charge in [-0.05, 0) is 89.4 Å². The number of fused-ring (bicyclic) bond motifs is 5. The van der Waals surface area contributed by atoms with E-state index in [4.69, 9.17) is 33.2 Å². The number of esters is 2. The maximum Gasteiger partial charge on any atom is 0.348 e. The number of carboxylic acids is 2. The van der Waals surface area contributed by atoms with Gasteiger partial charge in [0, 0.05) is 23.3 Å². The zero-order chi connectivity index (χ0) is 48.5. The van der Waals surface area contributed by atoms with Crippen LogP contribution in [0.2, 0.25) is 0 Å². The zero-order valence-electron chi connectivity index (χ0n) is 36.3. The molecule has 0 atom stereocenters. The van der Waals surface area contributed by atoms with Crippen LogP contribution in [0.3, 0.4) is 0 Å². The molecule has 0 aliphatic carbocycles. The Balaban J connectivity index is 0.000000219. The molecule has 0 saturated heterocycles. The van der Waals surface area contributed by atoms with Crippen molar-refractivity contribution in [3.05, 3.63) is 115 Å². The lowest BCUT2D eigenvalue weighted by Gasteiger charge is -2.31. The standard InChI is InChI=1S/C26H26O6.C22H16O12/c1-14(2)6-11-17-22-18(12-13-26(3,4)32-22)24-20(23(17)30-5)21(28)19(25(29)31-24)15-7-9-16(27)10-8-15;1-8-5-12(24)10(6-23)19-15(8)22(31)34-20-11(7-32-14(27)4-3-13(25)26)17(28)16(21(29)30)9(2)18(20)33-19/h6-10,12-13,27-28H,11H2,1-5H3;3-6,24,28H,7H2,1-2H3,(H,25,26)(H,29,30). The number of methoxy groups -OCH3 is 1. The number of ether oxygens (including phenoxy) is 5. The molecule has 18 nitrogen and oxygen atoms in total. The Morgan fingerprint density at radius 1 is 0.848 bits per heavy atom. The number of aromatic hydroxyl groups is 4. The fourth-order valence-electron chi connectivity index (χ4n) is 7.21. The third-order valence-corrected chi connectivity index (χ3v) is 10.3. The van der Waals surface area contributed by atoms with Gasteiger partial charge in [-0.25, -0.2) is 24.0 Å². The summed E-state index contributed by atoms with van der Waals surface area (Å²) in [6.07, 6.45) is 7.61. The number of rotatable bonds is 10. The molecule has 66 heavy (non-hydrogen) atoms. The number of carbonyl (C=O) groups excluding carboxylic acids is 3. The average Bonchev–Trinajstić information content (AvgIpc) is 3.39. The number of allylic oxidation sites excluding steroid dienone is 2. The van der Waals surface area contributed by atoms with E-state index in [1.165, 1.54) is 33.1 Å². The summed E-state index contributed by atoms with van der Waals surface area (Å²) in [5.41, 5.74) is 0.0502. The van der Waals surface area contributed by atoms with Crippen LogP contribution in [0, 0.1) is 13.8 Å². The molecule has 0 bridgehead atoms. The molecule has 0 unspecified atom stereocenters. The van der Waals surface area contributed by atoms with Crippen molar-refractivity contribution in [1.29, 1.82) is 0 Å². The van der Waals surface area contributed by atoms with Crippen LogP contribution in [0.5, 0.6) is 51.7 Å². The maximum absolute atomic E-state index is 12.9. The Morgan fingerprint density at radius 2 is 1.53 bits per heavy atom. The summed E-state index contributed by atoms with van der Waals surface area (Å²) in [6, 6.07) is 7.12. The molecule has 4 aromatic carbocycles. The monoisotopic (exact) mass is 906 g/mol. The Labute approximate surface area is 374 Å². The second-order valence-electron chi connectivity index (χ2n) is 15.7. The minimum Gasteiger partial charge on any atom is -0.508 e. The van der Waals surface area contributed by atoms with E-state index < -0.39 is 81.4 Å². The van der Waals surface area contributed by atoms with Crippen LogP contribution in [-0.2, 0) is 27.4 Å². The van der Waals surface area contributed by atoms with Gasteiger partial charge < -0.3 is 58.7 Å². The van der Waals surface area contributed by atoms with Crippen molar-refractivity contribution in [2.45, 2.75) is 60.2 Å². The molecule has 2 aliphatic heterocycles. The fraction of sp³-hybridized carbons (Fsp3) is 0.208. The lowest BCUT2D eigenvalue weighted by atomic mass is 9.93. The first-order chi connectivity index (χ1) is 31.1. The summed E-state index contributed by atoms with van der Waals surface area (Å²) >= 11 is 0. The van der Waals surface area contributed by atoms with Gasteiger partial charge in [-0.15, -0.1) is 0 Å². The number of aryl methyl sites for hydroxylation is 1. The molecule has 5 aromatic rings. The van der Waals surface area contributed by atoms with Crippen LogP contribution in [0.4, 0.5) is 0 Å². The summed E-state index contributed by atoms with van der Waals surface area (Å²) in [5.74, 6) is -7.13. The maximum atomic E-state index is 12.9. The van der Waals surface area contributed by atoms with Crippen molar-refractivity contribution < 1.29 is 82.7 Å². The highest BCUT2D eigenvalue weighted by Crippen LogP contribution is 2.51. The molecule has 1 aromatic heterocycles. The van der Waals surface area contributed by atoms with Crippen LogP contribution in [0.1, 0.15) is 86.6 Å². The Bertz CT molecular complexity index is 3030. The molecule has 6 N–H and O–H groups in total. The molecule has 18 heteroatoms. The first-order valence-electron chi connectivity index (χ1n) is 19.7. The SMILES string of the molecule is COc1c(CC=C(C)C)c2c(c3oc(=O)c(-c4ccc(O)cc4)c(O)c13)C=CC(C)(C)O2.Cc1cc(O)c(C=O)c2c1C(=O)Oc1c(COC(=O)C=CC(=O)O)c(O)c(C(=O)O)c(C)c1O2.